The summed E-state index contributed by atoms with van der Waals surface area (Å²) in [5, 5.41) is 5.62. The maximum Gasteiger partial charge on any atom is 0.264 e. The lowest BCUT2D eigenvalue weighted by Gasteiger charge is -2.30. The molecule has 2 aromatic rings. The largest absolute Gasteiger partial charge is 0.354 e. The fourth-order valence-corrected chi connectivity index (χ4v) is 6.06. The van der Waals surface area contributed by atoms with E-state index >= 15 is 0 Å². The average Bonchev–Trinajstić information content (AvgIpc) is 3.36. The van der Waals surface area contributed by atoms with Crippen LogP contribution in [0.25, 0.3) is 0 Å². The molecule has 170 valence electrons. The lowest BCUT2D eigenvalue weighted by molar-refractivity contribution is -0.124. The van der Waals surface area contributed by atoms with Gasteiger partial charge >= 0.3 is 0 Å². The third-order valence-corrected chi connectivity index (χ3v) is 8.00. The summed E-state index contributed by atoms with van der Waals surface area (Å²) in [5.74, 6) is -0.227. The molecule has 1 fully saturated rings. The van der Waals surface area contributed by atoms with Gasteiger partial charge in [0.2, 0.25) is 5.91 Å². The molecule has 1 aliphatic heterocycles. The smallest absolute Gasteiger partial charge is 0.264 e. The Hall–Kier alpha value is -2.87. The van der Waals surface area contributed by atoms with Crippen molar-refractivity contribution in [3.8, 4) is 0 Å². The number of nitrogens with one attached hydrogen (secondary N) is 2. The number of carbonyl (C=O) groups is 2. The monoisotopic (exact) mass is 455 g/mol. The van der Waals surface area contributed by atoms with E-state index < -0.39 is 10.0 Å². The molecular formula is C24H29N3O4S. The Morgan fingerprint density at radius 1 is 0.938 bits per heavy atom. The quantitative estimate of drug-likeness (QED) is 0.628. The first-order chi connectivity index (χ1) is 15.5. The topological polar surface area (TPSA) is 95.6 Å². The Kier molecular flexibility index (Phi) is 6.79. The van der Waals surface area contributed by atoms with Crippen molar-refractivity contribution >= 4 is 27.5 Å². The van der Waals surface area contributed by atoms with E-state index in [9.17, 15) is 18.0 Å². The van der Waals surface area contributed by atoms with Crippen molar-refractivity contribution < 1.29 is 18.0 Å². The van der Waals surface area contributed by atoms with Gasteiger partial charge in [-0.1, -0.05) is 37.1 Å². The van der Waals surface area contributed by atoms with Crippen LogP contribution in [0.2, 0.25) is 0 Å². The minimum atomic E-state index is -3.78. The number of hydrogen-bond acceptors (Lipinski definition) is 4. The van der Waals surface area contributed by atoms with Crippen LogP contribution in [0.15, 0.2) is 53.4 Å². The third kappa shape index (κ3) is 4.80. The van der Waals surface area contributed by atoms with Gasteiger partial charge in [0.25, 0.3) is 15.9 Å². The molecule has 1 saturated carbocycles. The number of amides is 2. The molecule has 0 unspecified atom stereocenters. The number of aryl methyl sites for hydroxylation is 1. The molecule has 2 aliphatic rings. The van der Waals surface area contributed by atoms with E-state index in [0.717, 1.165) is 44.1 Å². The average molecular weight is 456 g/mol. The van der Waals surface area contributed by atoms with Crippen molar-refractivity contribution in [2.24, 2.45) is 5.92 Å². The van der Waals surface area contributed by atoms with Crippen molar-refractivity contribution in [1.29, 1.82) is 0 Å². The Bertz CT molecular complexity index is 1090. The normalized spacial score (nSPS) is 16.4. The summed E-state index contributed by atoms with van der Waals surface area (Å²) in [6.45, 7) is 1.05. The van der Waals surface area contributed by atoms with Gasteiger partial charge in [0.1, 0.15) is 0 Å². The second kappa shape index (κ2) is 9.73. The fraction of sp³-hybridized carbons (Fsp3) is 0.417. The van der Waals surface area contributed by atoms with Gasteiger partial charge in [0.05, 0.1) is 10.6 Å². The van der Waals surface area contributed by atoms with E-state index in [2.05, 4.69) is 10.6 Å². The van der Waals surface area contributed by atoms with E-state index in [4.69, 9.17) is 0 Å². The molecule has 2 N–H and O–H groups in total. The fourth-order valence-electron chi connectivity index (χ4n) is 4.47. The Morgan fingerprint density at radius 3 is 2.50 bits per heavy atom. The SMILES string of the molecule is O=C(NCCNC(=O)C1CCCC1)c1cccc(S(=O)(=O)N2CCCc3ccccc32)c1. The highest BCUT2D eigenvalue weighted by Gasteiger charge is 2.29. The molecule has 0 bridgehead atoms. The minimum Gasteiger partial charge on any atom is -0.354 e. The molecule has 0 spiro atoms. The number of carbonyl (C=O) groups excluding carboxylic acids is 2. The number of anilines is 1. The molecule has 1 aliphatic carbocycles. The molecule has 0 aromatic heterocycles. The summed E-state index contributed by atoms with van der Waals surface area (Å²) in [7, 11) is -3.78. The summed E-state index contributed by atoms with van der Waals surface area (Å²) in [6, 6.07) is 13.6. The first-order valence-electron chi connectivity index (χ1n) is 11.2. The zero-order valence-corrected chi connectivity index (χ0v) is 18.9. The van der Waals surface area contributed by atoms with Gasteiger partial charge in [0.15, 0.2) is 0 Å². The number of rotatable bonds is 7. The number of hydrogen-bond donors (Lipinski definition) is 2. The summed E-state index contributed by atoms with van der Waals surface area (Å²) in [4.78, 5) is 24.7. The molecule has 0 radical (unpaired) electrons. The lowest BCUT2D eigenvalue weighted by atomic mass is 10.0. The summed E-state index contributed by atoms with van der Waals surface area (Å²) < 4.78 is 28.1. The maximum absolute atomic E-state index is 13.3. The molecule has 1 heterocycles. The van der Waals surface area contributed by atoms with E-state index in [0.29, 0.717) is 18.8 Å². The van der Waals surface area contributed by atoms with Gasteiger partial charge in [-0.25, -0.2) is 8.42 Å². The van der Waals surface area contributed by atoms with Crippen LogP contribution in [0.4, 0.5) is 5.69 Å². The number of para-hydroxylation sites is 1. The highest BCUT2D eigenvalue weighted by molar-refractivity contribution is 7.92. The molecule has 0 saturated heterocycles. The van der Waals surface area contributed by atoms with Gasteiger partial charge in [-0.15, -0.1) is 0 Å². The number of fused-ring (bicyclic) bond motifs is 1. The van der Waals surface area contributed by atoms with E-state index in [1.165, 1.54) is 16.4 Å². The second-order valence-corrected chi connectivity index (χ2v) is 10.2. The number of nitrogens with zero attached hydrogens (tertiary/aromatic N) is 1. The van der Waals surface area contributed by atoms with Gasteiger partial charge in [-0.2, -0.15) is 0 Å². The highest BCUT2D eigenvalue weighted by Crippen LogP contribution is 2.32. The van der Waals surface area contributed by atoms with Gasteiger partial charge in [-0.3, -0.25) is 13.9 Å². The molecule has 0 atom stereocenters. The van der Waals surface area contributed by atoms with E-state index in [-0.39, 0.29) is 34.7 Å². The molecular weight excluding hydrogens is 426 g/mol. The first kappa shape index (κ1) is 22.3. The van der Waals surface area contributed by atoms with Crippen molar-refractivity contribution in [2.45, 2.75) is 43.4 Å². The van der Waals surface area contributed by atoms with Crippen molar-refractivity contribution in [1.82, 2.24) is 10.6 Å². The van der Waals surface area contributed by atoms with Crippen LogP contribution in [0.1, 0.15) is 48.0 Å². The second-order valence-electron chi connectivity index (χ2n) is 8.37. The van der Waals surface area contributed by atoms with Crippen molar-refractivity contribution in [3.05, 3.63) is 59.7 Å². The number of sulfonamides is 1. The van der Waals surface area contributed by atoms with E-state index in [1.807, 2.05) is 24.3 Å². The van der Waals surface area contributed by atoms with Crippen LogP contribution in [0, 0.1) is 5.92 Å². The Balaban J connectivity index is 1.39. The van der Waals surface area contributed by atoms with Gasteiger partial charge in [-0.05, 0) is 55.5 Å². The zero-order chi connectivity index (χ0) is 22.6. The molecule has 32 heavy (non-hydrogen) atoms. The van der Waals surface area contributed by atoms with Gasteiger partial charge < -0.3 is 10.6 Å². The molecule has 4 rings (SSSR count). The minimum absolute atomic E-state index is 0.0478. The maximum atomic E-state index is 13.3. The molecule has 2 aromatic carbocycles. The molecule has 2 amide bonds. The van der Waals surface area contributed by atoms with Crippen molar-refractivity contribution in [3.63, 3.8) is 0 Å². The van der Waals surface area contributed by atoms with Crippen molar-refractivity contribution in [2.75, 3.05) is 23.9 Å². The van der Waals surface area contributed by atoms with Gasteiger partial charge in [0, 0.05) is 31.1 Å². The first-order valence-corrected chi connectivity index (χ1v) is 12.7. The Labute approximate surface area is 189 Å². The summed E-state index contributed by atoms with van der Waals surface area (Å²) in [5.41, 5.74) is 1.99. The highest BCUT2D eigenvalue weighted by atomic mass is 32.2. The number of benzene rings is 2. The predicted molar refractivity (Wildman–Crippen MR) is 123 cm³/mol. The van der Waals surface area contributed by atoms with E-state index in [1.54, 1.807) is 12.1 Å². The summed E-state index contributed by atoms with van der Waals surface area (Å²) >= 11 is 0. The molecule has 8 heteroatoms. The van der Waals surface area contributed by atoms with Crippen LogP contribution >= 0.6 is 0 Å². The zero-order valence-electron chi connectivity index (χ0n) is 18.0. The summed E-state index contributed by atoms with van der Waals surface area (Å²) in [6.07, 6.45) is 5.65. The predicted octanol–water partition coefficient (Wildman–Crippen LogP) is 2.86. The lowest BCUT2D eigenvalue weighted by Crippen LogP contribution is -2.37. The Morgan fingerprint density at radius 2 is 1.69 bits per heavy atom. The van der Waals surface area contributed by atoms with Crippen LogP contribution in [0.3, 0.4) is 0 Å². The standard InChI is InChI=1S/C24H29N3O4S/c28-23(19-8-1-2-9-19)25-14-15-26-24(29)20-10-5-12-21(17-20)32(30,31)27-16-6-11-18-7-3-4-13-22(18)27/h3-5,7,10,12-13,17,19H,1-2,6,8-9,11,14-16H2,(H,25,28)(H,26,29). The van der Waals surface area contributed by atoms with Crippen LogP contribution in [-0.2, 0) is 21.2 Å². The van der Waals surface area contributed by atoms with Crippen LogP contribution in [-0.4, -0.2) is 39.9 Å². The third-order valence-electron chi connectivity index (χ3n) is 6.19. The van der Waals surface area contributed by atoms with Crippen LogP contribution in [0.5, 0.6) is 0 Å². The molecule has 7 nitrogen and oxygen atoms in total. The van der Waals surface area contributed by atoms with Crippen LogP contribution < -0.4 is 14.9 Å².